The summed E-state index contributed by atoms with van der Waals surface area (Å²) in [5, 5.41) is 0. The Labute approximate surface area is 51.0 Å². The molecule has 0 fully saturated rings. The van der Waals surface area contributed by atoms with E-state index < -0.39 is 0 Å². The molecule has 0 aromatic heterocycles. The van der Waals surface area contributed by atoms with Crippen molar-refractivity contribution in [2.45, 2.75) is 6.42 Å². The highest BCUT2D eigenvalue weighted by Crippen LogP contribution is 1.90. The number of rotatable bonds is 0. The van der Waals surface area contributed by atoms with Gasteiger partial charge in [-0.15, -0.1) is 0 Å². The largest absolute Gasteiger partial charge is 0.264 e. The van der Waals surface area contributed by atoms with Crippen molar-refractivity contribution in [3.05, 3.63) is 12.3 Å². The smallest absolute Gasteiger partial charge is 0.0940 e. The average Bonchev–Trinajstić information content (AvgIpc) is 1.90. The second kappa shape index (κ2) is 2.57. The third kappa shape index (κ3) is 1.13. The molecule has 0 amide bonds. The molecule has 0 N–H and O–H groups in total. The van der Waals surface area contributed by atoms with Gasteiger partial charge < -0.3 is 0 Å². The van der Waals surface area contributed by atoms with Crippen molar-refractivity contribution in [1.82, 2.24) is 0 Å². The molecule has 2 nitrogen and oxygen atoms in total. The Morgan fingerprint density at radius 1 is 1.75 bits per heavy atom. The third-order valence-corrected chi connectivity index (χ3v) is 1.32. The molecule has 0 radical (unpaired) electrons. The molecule has 1 aliphatic rings. The Hall–Kier alpha value is -0.700. The topological polar surface area (TPSA) is 29.4 Å². The summed E-state index contributed by atoms with van der Waals surface area (Å²) in [5.41, 5.74) is 0. The molecule has 0 spiro atoms. The minimum absolute atomic E-state index is 0.512. The lowest BCUT2D eigenvalue weighted by Crippen LogP contribution is -1.99. The van der Waals surface area contributed by atoms with E-state index in [2.05, 4.69) is 4.99 Å². The monoisotopic (exact) mass is 127 g/mol. The third-order valence-electron chi connectivity index (χ3n) is 0.836. The number of hydrogen-bond acceptors (Lipinski definition) is 2. The van der Waals surface area contributed by atoms with Gasteiger partial charge in [-0.1, -0.05) is 6.08 Å². The van der Waals surface area contributed by atoms with Gasteiger partial charge in [0.1, 0.15) is 0 Å². The van der Waals surface area contributed by atoms with Gasteiger partial charge in [0.05, 0.1) is 16.1 Å². The lowest BCUT2D eigenvalue weighted by Gasteiger charge is -1.91. The van der Waals surface area contributed by atoms with Crippen LogP contribution in [0.25, 0.3) is 0 Å². The molecule has 8 heavy (non-hydrogen) atoms. The normalized spacial score (nSPS) is 16.8. The molecule has 0 bridgehead atoms. The zero-order valence-corrected chi connectivity index (χ0v) is 5.02. The van der Waals surface area contributed by atoms with Gasteiger partial charge in [0, 0.05) is 18.8 Å². The molecule has 0 atom stereocenters. The number of nitrogens with zero attached hydrogens (tertiary/aromatic N) is 1. The highest BCUT2D eigenvalue weighted by Gasteiger charge is 1.92. The van der Waals surface area contributed by atoms with Gasteiger partial charge in [0.15, 0.2) is 0 Å². The van der Waals surface area contributed by atoms with Crippen molar-refractivity contribution < 1.29 is 4.21 Å². The summed E-state index contributed by atoms with van der Waals surface area (Å²) in [7, 11) is 0. The first-order chi connectivity index (χ1) is 3.93. The summed E-state index contributed by atoms with van der Waals surface area (Å²) in [6, 6.07) is 0. The average molecular weight is 127 g/mol. The molecular weight excluding hydrogens is 122 g/mol. The van der Waals surface area contributed by atoms with E-state index in [9.17, 15) is 4.21 Å². The van der Waals surface area contributed by atoms with Gasteiger partial charge in [0.2, 0.25) is 0 Å². The maximum atomic E-state index is 10.0. The highest BCUT2D eigenvalue weighted by molar-refractivity contribution is 7.68. The van der Waals surface area contributed by atoms with Crippen molar-refractivity contribution in [3.63, 3.8) is 0 Å². The summed E-state index contributed by atoms with van der Waals surface area (Å²) < 4.78 is 10.0. The minimum Gasteiger partial charge on any atom is -0.264 e. The van der Waals surface area contributed by atoms with Crippen LogP contribution in [0, 0.1) is 0 Å². The van der Waals surface area contributed by atoms with Gasteiger partial charge in [-0.25, -0.2) is 4.21 Å². The van der Waals surface area contributed by atoms with E-state index >= 15 is 0 Å². The predicted molar refractivity (Wildman–Crippen MR) is 35.4 cm³/mol. The van der Waals surface area contributed by atoms with Crippen LogP contribution in [0.1, 0.15) is 6.42 Å². The molecule has 1 rings (SSSR count). The van der Waals surface area contributed by atoms with Gasteiger partial charge in [-0.3, -0.25) is 4.99 Å². The summed E-state index contributed by atoms with van der Waals surface area (Å²) in [6.07, 6.45) is 5.90. The molecular formula is C5H5NOS. The second-order valence-electron chi connectivity index (χ2n) is 1.42. The fourth-order valence-electron chi connectivity index (χ4n) is 0.464. The van der Waals surface area contributed by atoms with Crippen LogP contribution >= 0.6 is 0 Å². The van der Waals surface area contributed by atoms with E-state index in [1.54, 1.807) is 12.4 Å². The summed E-state index contributed by atoms with van der Waals surface area (Å²) in [5.74, 6) is 0. The zero-order valence-electron chi connectivity index (χ0n) is 4.20. The van der Waals surface area contributed by atoms with Crippen LogP contribution in [-0.4, -0.2) is 15.3 Å². The van der Waals surface area contributed by atoms with E-state index in [0.717, 1.165) is 11.3 Å². The van der Waals surface area contributed by atoms with Crippen LogP contribution < -0.4 is 0 Å². The van der Waals surface area contributed by atoms with E-state index in [1.807, 2.05) is 6.08 Å². The van der Waals surface area contributed by atoms with Gasteiger partial charge in [-0.05, 0) is 0 Å². The lowest BCUT2D eigenvalue weighted by molar-refractivity contribution is 0.701. The first-order valence-corrected chi connectivity index (χ1v) is 3.01. The molecule has 1 aliphatic heterocycles. The SMILES string of the molecule is O=S=C1C=NC=CC1. The van der Waals surface area contributed by atoms with E-state index in [0.29, 0.717) is 11.3 Å². The Morgan fingerprint density at radius 3 is 3.00 bits per heavy atom. The first kappa shape index (κ1) is 5.44. The van der Waals surface area contributed by atoms with E-state index in [4.69, 9.17) is 0 Å². The quantitative estimate of drug-likeness (QED) is 0.432. The van der Waals surface area contributed by atoms with Crippen molar-refractivity contribution in [2.24, 2.45) is 4.99 Å². The molecule has 3 heteroatoms. The summed E-state index contributed by atoms with van der Waals surface area (Å²) >= 11 is 0.512. The molecule has 42 valence electrons. The maximum absolute atomic E-state index is 10.0. The van der Waals surface area contributed by atoms with Crippen LogP contribution in [0.15, 0.2) is 17.3 Å². The Bertz CT molecular complexity index is 189. The lowest BCUT2D eigenvalue weighted by atomic mass is 10.3. The molecule has 0 saturated heterocycles. The first-order valence-electron chi connectivity index (χ1n) is 2.27. The van der Waals surface area contributed by atoms with Gasteiger partial charge in [0.25, 0.3) is 0 Å². The Balaban J connectivity index is 2.80. The van der Waals surface area contributed by atoms with Crippen molar-refractivity contribution in [1.29, 1.82) is 0 Å². The minimum atomic E-state index is 0.512. The second-order valence-corrected chi connectivity index (χ2v) is 2.11. The van der Waals surface area contributed by atoms with Crippen LogP contribution in [0.5, 0.6) is 0 Å². The summed E-state index contributed by atoms with van der Waals surface area (Å²) in [6.45, 7) is 0. The van der Waals surface area contributed by atoms with Crippen LogP contribution in [0.2, 0.25) is 0 Å². The standard InChI is InChI=1S/C5H5NOS/c7-8-5-2-1-3-6-4-5/h1,3-4H,2H2. The van der Waals surface area contributed by atoms with Crippen molar-refractivity contribution in [3.8, 4) is 0 Å². The number of allylic oxidation sites excluding steroid dienone is 1. The fourth-order valence-corrected chi connectivity index (χ4v) is 0.732. The Kier molecular flexibility index (Phi) is 1.75. The highest BCUT2D eigenvalue weighted by atomic mass is 32.1. The van der Waals surface area contributed by atoms with Gasteiger partial charge >= 0.3 is 0 Å². The van der Waals surface area contributed by atoms with Crippen molar-refractivity contribution >= 4 is 22.3 Å². The molecule has 0 aromatic rings. The van der Waals surface area contributed by atoms with Gasteiger partial charge in [-0.2, -0.15) is 0 Å². The fraction of sp³-hybridized carbons (Fsp3) is 0.200. The van der Waals surface area contributed by atoms with Crippen LogP contribution in [0.3, 0.4) is 0 Å². The molecule has 0 unspecified atom stereocenters. The maximum Gasteiger partial charge on any atom is 0.0940 e. The van der Waals surface area contributed by atoms with E-state index in [1.165, 1.54) is 0 Å². The molecule has 1 heterocycles. The Morgan fingerprint density at radius 2 is 2.62 bits per heavy atom. The summed E-state index contributed by atoms with van der Waals surface area (Å²) in [4.78, 5) is 4.55. The number of hydrogen-bond donors (Lipinski definition) is 0. The van der Waals surface area contributed by atoms with Crippen molar-refractivity contribution in [2.75, 3.05) is 0 Å². The predicted octanol–water partition coefficient (Wildman–Crippen LogP) is 0.360. The molecule has 0 aromatic carbocycles. The van der Waals surface area contributed by atoms with Crippen LogP contribution in [-0.2, 0) is 11.3 Å². The molecule has 0 aliphatic carbocycles. The zero-order chi connectivity index (χ0) is 5.82. The van der Waals surface area contributed by atoms with E-state index in [-0.39, 0.29) is 0 Å². The number of aliphatic imine (C=N–C) groups is 1. The van der Waals surface area contributed by atoms with Crippen LogP contribution in [0.4, 0.5) is 0 Å². The molecule has 0 saturated carbocycles.